The Morgan fingerprint density at radius 3 is 2.54 bits per heavy atom. The summed E-state index contributed by atoms with van der Waals surface area (Å²) in [7, 11) is 1.41. The molecule has 0 aliphatic carbocycles. The van der Waals surface area contributed by atoms with Crippen molar-refractivity contribution in [3.63, 3.8) is 0 Å². The maximum atomic E-state index is 13.0. The predicted molar refractivity (Wildman–Crippen MR) is 47.7 cm³/mol. The molecular weight excluding hydrogens is 171 g/mol. The summed E-state index contributed by atoms with van der Waals surface area (Å²) < 4.78 is 17.9. The SMILES string of the molecule is COc1cc(F)c(C)cc1C(C)=O. The fourth-order valence-corrected chi connectivity index (χ4v) is 1.11. The van der Waals surface area contributed by atoms with Gasteiger partial charge in [-0.1, -0.05) is 0 Å². The molecule has 0 N–H and O–H groups in total. The molecule has 1 aromatic rings. The molecule has 0 unspecified atom stereocenters. The zero-order valence-corrected chi connectivity index (χ0v) is 7.85. The topological polar surface area (TPSA) is 26.3 Å². The molecule has 0 bridgehead atoms. The lowest BCUT2D eigenvalue weighted by molar-refractivity contribution is 0.101. The number of Topliss-reactive ketones (excluding diaryl/α,β-unsaturated/α-hetero) is 1. The number of benzene rings is 1. The van der Waals surface area contributed by atoms with Crippen LogP contribution in [0.2, 0.25) is 0 Å². The Morgan fingerprint density at radius 2 is 2.08 bits per heavy atom. The molecule has 0 atom stereocenters. The summed E-state index contributed by atoms with van der Waals surface area (Å²) in [6, 6.07) is 2.72. The Hall–Kier alpha value is -1.38. The minimum Gasteiger partial charge on any atom is -0.496 e. The van der Waals surface area contributed by atoms with Crippen molar-refractivity contribution >= 4 is 5.78 Å². The Balaban J connectivity index is 3.33. The molecule has 1 rings (SSSR count). The summed E-state index contributed by atoms with van der Waals surface area (Å²) in [6.45, 7) is 3.04. The lowest BCUT2D eigenvalue weighted by Gasteiger charge is -2.07. The number of halogens is 1. The van der Waals surface area contributed by atoms with Crippen LogP contribution < -0.4 is 4.74 Å². The summed E-state index contributed by atoms with van der Waals surface area (Å²) in [5.74, 6) is -0.197. The number of ether oxygens (including phenoxy) is 1. The molecule has 0 radical (unpaired) electrons. The second-order valence-corrected chi connectivity index (χ2v) is 2.86. The van der Waals surface area contributed by atoms with E-state index in [1.165, 1.54) is 26.2 Å². The van der Waals surface area contributed by atoms with Gasteiger partial charge in [0.1, 0.15) is 11.6 Å². The van der Waals surface area contributed by atoms with E-state index in [1.807, 2.05) is 0 Å². The number of hydrogen-bond donors (Lipinski definition) is 0. The van der Waals surface area contributed by atoms with Gasteiger partial charge in [0, 0.05) is 6.07 Å². The van der Waals surface area contributed by atoms with Crippen molar-refractivity contribution in [1.29, 1.82) is 0 Å². The predicted octanol–water partition coefficient (Wildman–Crippen LogP) is 2.35. The molecule has 0 saturated heterocycles. The molecule has 0 amide bonds. The zero-order chi connectivity index (χ0) is 10.0. The van der Waals surface area contributed by atoms with E-state index in [9.17, 15) is 9.18 Å². The van der Waals surface area contributed by atoms with E-state index in [4.69, 9.17) is 4.74 Å². The quantitative estimate of drug-likeness (QED) is 0.656. The molecule has 70 valence electrons. The van der Waals surface area contributed by atoms with Gasteiger partial charge in [-0.3, -0.25) is 4.79 Å². The molecule has 0 heterocycles. The number of aryl methyl sites for hydroxylation is 1. The van der Waals surface area contributed by atoms with Gasteiger partial charge in [0.15, 0.2) is 5.78 Å². The molecule has 3 heteroatoms. The number of carbonyl (C=O) groups excluding carboxylic acids is 1. The highest BCUT2D eigenvalue weighted by Crippen LogP contribution is 2.22. The van der Waals surface area contributed by atoms with E-state index in [-0.39, 0.29) is 17.3 Å². The minimum absolute atomic E-state index is 0.125. The van der Waals surface area contributed by atoms with E-state index in [2.05, 4.69) is 0 Å². The average Bonchev–Trinajstić information content (AvgIpc) is 2.08. The van der Waals surface area contributed by atoms with Crippen LogP contribution in [0.25, 0.3) is 0 Å². The van der Waals surface area contributed by atoms with Gasteiger partial charge >= 0.3 is 0 Å². The summed E-state index contributed by atoms with van der Waals surface area (Å²) in [6.07, 6.45) is 0. The first-order valence-electron chi connectivity index (χ1n) is 3.91. The van der Waals surface area contributed by atoms with E-state index in [0.717, 1.165) is 0 Å². The van der Waals surface area contributed by atoms with Gasteiger partial charge in [-0.2, -0.15) is 0 Å². The maximum absolute atomic E-state index is 13.0. The highest BCUT2D eigenvalue weighted by atomic mass is 19.1. The van der Waals surface area contributed by atoms with Crippen LogP contribution in [-0.2, 0) is 0 Å². The molecule has 0 aromatic heterocycles. The van der Waals surface area contributed by atoms with Crippen molar-refractivity contribution in [2.45, 2.75) is 13.8 Å². The highest BCUT2D eigenvalue weighted by molar-refractivity contribution is 5.97. The third-order valence-electron chi connectivity index (χ3n) is 1.86. The number of ketones is 1. The molecule has 13 heavy (non-hydrogen) atoms. The molecule has 0 aliphatic heterocycles. The van der Waals surface area contributed by atoms with Gasteiger partial charge in [-0.05, 0) is 25.5 Å². The van der Waals surface area contributed by atoms with Crippen molar-refractivity contribution in [2.75, 3.05) is 7.11 Å². The van der Waals surface area contributed by atoms with Crippen molar-refractivity contribution in [2.24, 2.45) is 0 Å². The van der Waals surface area contributed by atoms with Crippen LogP contribution in [0.5, 0.6) is 5.75 Å². The third kappa shape index (κ3) is 1.86. The Labute approximate surface area is 76.3 Å². The Bertz CT molecular complexity index is 345. The fraction of sp³-hybridized carbons (Fsp3) is 0.300. The molecule has 0 saturated carbocycles. The number of carbonyl (C=O) groups is 1. The summed E-state index contributed by atoms with van der Waals surface area (Å²) in [4.78, 5) is 11.1. The van der Waals surface area contributed by atoms with E-state index in [0.29, 0.717) is 11.1 Å². The van der Waals surface area contributed by atoms with Gasteiger partial charge in [-0.15, -0.1) is 0 Å². The lowest BCUT2D eigenvalue weighted by Crippen LogP contribution is -1.99. The van der Waals surface area contributed by atoms with Crippen molar-refractivity contribution < 1.29 is 13.9 Å². The van der Waals surface area contributed by atoms with Crippen LogP contribution in [-0.4, -0.2) is 12.9 Å². The summed E-state index contributed by atoms with van der Waals surface area (Å²) in [5, 5.41) is 0. The zero-order valence-electron chi connectivity index (χ0n) is 7.85. The molecule has 0 spiro atoms. The van der Waals surface area contributed by atoms with Crippen LogP contribution in [0, 0.1) is 12.7 Å². The third-order valence-corrected chi connectivity index (χ3v) is 1.86. The number of methoxy groups -OCH3 is 1. The first-order valence-corrected chi connectivity index (χ1v) is 3.91. The van der Waals surface area contributed by atoms with Gasteiger partial charge < -0.3 is 4.74 Å². The molecule has 2 nitrogen and oxygen atoms in total. The summed E-state index contributed by atoms with van der Waals surface area (Å²) in [5.41, 5.74) is 0.868. The normalized spacial score (nSPS) is 9.85. The summed E-state index contributed by atoms with van der Waals surface area (Å²) >= 11 is 0. The Morgan fingerprint density at radius 1 is 1.46 bits per heavy atom. The van der Waals surface area contributed by atoms with Crippen LogP contribution >= 0.6 is 0 Å². The molecule has 1 aromatic carbocycles. The monoisotopic (exact) mass is 182 g/mol. The average molecular weight is 182 g/mol. The lowest BCUT2D eigenvalue weighted by atomic mass is 10.1. The van der Waals surface area contributed by atoms with Gasteiger partial charge in [0.2, 0.25) is 0 Å². The van der Waals surface area contributed by atoms with Crippen molar-refractivity contribution in [1.82, 2.24) is 0 Å². The molecular formula is C10H11FO2. The minimum atomic E-state index is -0.359. The van der Waals surface area contributed by atoms with E-state index < -0.39 is 0 Å². The second kappa shape index (κ2) is 3.56. The van der Waals surface area contributed by atoms with Crippen LogP contribution in [0.15, 0.2) is 12.1 Å². The first-order chi connectivity index (χ1) is 6.06. The van der Waals surface area contributed by atoms with Gasteiger partial charge in [-0.25, -0.2) is 4.39 Å². The van der Waals surface area contributed by atoms with Crippen LogP contribution in [0.4, 0.5) is 4.39 Å². The van der Waals surface area contributed by atoms with Crippen molar-refractivity contribution in [3.8, 4) is 5.75 Å². The first kappa shape index (κ1) is 9.71. The van der Waals surface area contributed by atoms with Gasteiger partial charge in [0.25, 0.3) is 0 Å². The highest BCUT2D eigenvalue weighted by Gasteiger charge is 2.10. The smallest absolute Gasteiger partial charge is 0.163 e. The maximum Gasteiger partial charge on any atom is 0.163 e. The van der Waals surface area contributed by atoms with Crippen LogP contribution in [0.1, 0.15) is 22.8 Å². The van der Waals surface area contributed by atoms with Crippen LogP contribution in [0.3, 0.4) is 0 Å². The largest absolute Gasteiger partial charge is 0.496 e. The molecule has 0 aliphatic rings. The number of hydrogen-bond acceptors (Lipinski definition) is 2. The van der Waals surface area contributed by atoms with E-state index in [1.54, 1.807) is 6.92 Å². The Kier molecular flexibility index (Phi) is 2.66. The van der Waals surface area contributed by atoms with Gasteiger partial charge in [0.05, 0.1) is 12.7 Å². The fourth-order valence-electron chi connectivity index (χ4n) is 1.11. The second-order valence-electron chi connectivity index (χ2n) is 2.86. The molecule has 0 fully saturated rings. The standard InChI is InChI=1S/C10H11FO2/c1-6-4-8(7(2)12)10(13-3)5-9(6)11/h4-5H,1-3H3. The van der Waals surface area contributed by atoms with Crippen molar-refractivity contribution in [3.05, 3.63) is 29.1 Å². The van der Waals surface area contributed by atoms with E-state index >= 15 is 0 Å². The number of rotatable bonds is 2.